The molecule has 2 heterocycles. The molecule has 0 atom stereocenters. The van der Waals surface area contributed by atoms with Crippen LogP contribution in [0.3, 0.4) is 0 Å². The highest BCUT2D eigenvalue weighted by Gasteiger charge is 2.17. The summed E-state index contributed by atoms with van der Waals surface area (Å²) in [5.74, 6) is 1.18. The molecule has 0 unspecified atom stereocenters. The molecule has 0 fully saturated rings. The molecule has 3 rings (SSSR count). The van der Waals surface area contributed by atoms with Crippen LogP contribution in [-0.4, -0.2) is 41.6 Å². The van der Waals surface area contributed by atoms with E-state index in [1.165, 1.54) is 24.9 Å². The van der Waals surface area contributed by atoms with Gasteiger partial charge in [0.05, 0.1) is 38.4 Å². The van der Waals surface area contributed by atoms with Crippen LogP contribution in [0.1, 0.15) is 6.92 Å². The first kappa shape index (κ1) is 19.4. The van der Waals surface area contributed by atoms with Gasteiger partial charge in [0.2, 0.25) is 0 Å². The minimum atomic E-state index is -0.550. The maximum absolute atomic E-state index is 13.2. The van der Waals surface area contributed by atoms with Crippen LogP contribution in [0.2, 0.25) is 0 Å². The summed E-state index contributed by atoms with van der Waals surface area (Å²) in [4.78, 5) is 30.3. The molecule has 3 aromatic rings. The van der Waals surface area contributed by atoms with Gasteiger partial charge in [-0.25, -0.2) is 14.3 Å². The molecule has 0 amide bonds. The van der Waals surface area contributed by atoms with Gasteiger partial charge in [-0.05, 0) is 19.1 Å². The number of ether oxygens (including phenoxy) is 3. The van der Waals surface area contributed by atoms with E-state index in [1.54, 1.807) is 24.3 Å². The number of anilines is 1. The number of methoxy groups -OCH3 is 2. The van der Waals surface area contributed by atoms with Gasteiger partial charge in [-0.2, -0.15) is 0 Å². The lowest BCUT2D eigenvalue weighted by Crippen LogP contribution is -2.40. The van der Waals surface area contributed by atoms with E-state index in [2.05, 4.69) is 4.98 Å². The van der Waals surface area contributed by atoms with Crippen LogP contribution in [0.15, 0.2) is 39.9 Å². The van der Waals surface area contributed by atoms with Crippen LogP contribution in [0.5, 0.6) is 11.5 Å². The third-order valence-electron chi connectivity index (χ3n) is 4.26. The number of pyridine rings is 1. The highest BCUT2D eigenvalue weighted by molar-refractivity contribution is 5.77. The molecule has 28 heavy (non-hydrogen) atoms. The first-order valence-corrected chi connectivity index (χ1v) is 8.73. The zero-order chi connectivity index (χ0) is 20.3. The minimum Gasteiger partial charge on any atom is -0.497 e. The Kier molecular flexibility index (Phi) is 5.65. The molecule has 148 valence electrons. The van der Waals surface area contributed by atoms with Gasteiger partial charge in [0.1, 0.15) is 17.3 Å². The molecule has 9 heteroatoms. The second kappa shape index (κ2) is 8.13. The molecule has 0 bridgehead atoms. The fourth-order valence-corrected chi connectivity index (χ4v) is 2.90. The Hall–Kier alpha value is -3.33. The molecule has 0 aliphatic carbocycles. The second-order valence-corrected chi connectivity index (χ2v) is 5.95. The number of rotatable bonds is 7. The van der Waals surface area contributed by atoms with Gasteiger partial charge in [-0.1, -0.05) is 0 Å². The van der Waals surface area contributed by atoms with Crippen molar-refractivity contribution in [2.45, 2.75) is 13.5 Å². The summed E-state index contributed by atoms with van der Waals surface area (Å²) in [5, 5.41) is 0.270. The van der Waals surface area contributed by atoms with Crippen molar-refractivity contribution in [1.29, 1.82) is 0 Å². The summed E-state index contributed by atoms with van der Waals surface area (Å²) >= 11 is 0. The van der Waals surface area contributed by atoms with E-state index in [1.807, 2.05) is 6.92 Å². The predicted octanol–water partition coefficient (Wildman–Crippen LogP) is 1.18. The second-order valence-electron chi connectivity index (χ2n) is 5.95. The third-order valence-corrected chi connectivity index (χ3v) is 4.26. The lowest BCUT2D eigenvalue weighted by molar-refractivity contribution is 0.137. The monoisotopic (exact) mass is 386 g/mol. The van der Waals surface area contributed by atoms with Crippen LogP contribution < -0.4 is 26.5 Å². The van der Waals surface area contributed by atoms with E-state index in [-0.39, 0.29) is 30.0 Å². The van der Waals surface area contributed by atoms with Crippen molar-refractivity contribution in [3.05, 3.63) is 51.2 Å². The number of fused-ring (bicyclic) bond motifs is 1. The number of nitrogens with two attached hydrogens (primary N) is 1. The fraction of sp³-hybridized carbons (Fsp3) is 0.316. The highest BCUT2D eigenvalue weighted by atomic mass is 16.5. The molecule has 0 aliphatic heterocycles. The smallest absolute Gasteiger partial charge is 0.337 e. The van der Waals surface area contributed by atoms with Gasteiger partial charge in [0.25, 0.3) is 5.56 Å². The van der Waals surface area contributed by atoms with Crippen LogP contribution in [0.25, 0.3) is 16.7 Å². The summed E-state index contributed by atoms with van der Waals surface area (Å²) in [6.07, 6.45) is 0. The van der Waals surface area contributed by atoms with Crippen molar-refractivity contribution < 1.29 is 14.2 Å². The standard InChI is InChI=1S/C19H22N4O5/c1-4-28-8-7-22-18(24)15-5-6-16(20)21-17(15)23(19(22)25)12-9-13(26-2)11-14(10-12)27-3/h5-6,9-11H,4,7-8H2,1-3H3,(H2,20,21). The predicted molar refractivity (Wildman–Crippen MR) is 106 cm³/mol. The Morgan fingerprint density at radius 3 is 2.36 bits per heavy atom. The van der Waals surface area contributed by atoms with E-state index in [0.29, 0.717) is 23.8 Å². The largest absolute Gasteiger partial charge is 0.497 e. The van der Waals surface area contributed by atoms with Crippen LogP contribution in [0, 0.1) is 0 Å². The molecule has 2 N–H and O–H groups in total. The minimum absolute atomic E-state index is 0.118. The van der Waals surface area contributed by atoms with Gasteiger partial charge < -0.3 is 19.9 Å². The first-order chi connectivity index (χ1) is 13.5. The van der Waals surface area contributed by atoms with Crippen molar-refractivity contribution in [2.75, 3.05) is 33.2 Å². The molecular formula is C19H22N4O5. The number of hydrogen-bond donors (Lipinski definition) is 1. The van der Waals surface area contributed by atoms with Crippen LogP contribution in [-0.2, 0) is 11.3 Å². The number of hydrogen-bond acceptors (Lipinski definition) is 7. The Balaban J connectivity index is 2.36. The lowest BCUT2D eigenvalue weighted by Gasteiger charge is -2.15. The molecule has 0 spiro atoms. The summed E-state index contributed by atoms with van der Waals surface area (Å²) in [6.45, 7) is 2.69. The maximum Gasteiger partial charge on any atom is 0.337 e. The van der Waals surface area contributed by atoms with Crippen molar-refractivity contribution in [1.82, 2.24) is 14.1 Å². The molecule has 0 saturated carbocycles. The van der Waals surface area contributed by atoms with Crippen molar-refractivity contribution in [3.63, 3.8) is 0 Å². The SMILES string of the molecule is CCOCCn1c(=O)c2ccc(N)nc2n(-c2cc(OC)cc(OC)c2)c1=O. The molecule has 2 aromatic heterocycles. The van der Waals surface area contributed by atoms with E-state index in [4.69, 9.17) is 19.9 Å². The van der Waals surface area contributed by atoms with Crippen LogP contribution in [0.4, 0.5) is 5.82 Å². The van der Waals surface area contributed by atoms with E-state index >= 15 is 0 Å². The zero-order valence-corrected chi connectivity index (χ0v) is 16.0. The molecule has 1 aromatic carbocycles. The Morgan fingerprint density at radius 1 is 1.07 bits per heavy atom. The maximum atomic E-state index is 13.2. The van der Waals surface area contributed by atoms with Gasteiger partial charge in [-0.15, -0.1) is 0 Å². The number of nitrogen functional groups attached to an aromatic ring is 1. The average molecular weight is 386 g/mol. The van der Waals surface area contributed by atoms with Gasteiger partial charge in [-0.3, -0.25) is 9.36 Å². The normalized spacial score (nSPS) is 11.0. The number of benzene rings is 1. The van der Waals surface area contributed by atoms with E-state index in [0.717, 1.165) is 4.57 Å². The molecule has 0 saturated heterocycles. The van der Waals surface area contributed by atoms with E-state index < -0.39 is 11.2 Å². The highest BCUT2D eigenvalue weighted by Crippen LogP contribution is 2.25. The van der Waals surface area contributed by atoms with Gasteiger partial charge >= 0.3 is 5.69 Å². The third kappa shape index (κ3) is 3.56. The topological polar surface area (TPSA) is 111 Å². The molecule has 0 aliphatic rings. The summed E-state index contributed by atoms with van der Waals surface area (Å²) in [6, 6.07) is 8.09. The van der Waals surface area contributed by atoms with Crippen molar-refractivity contribution in [2.24, 2.45) is 0 Å². The number of aromatic nitrogens is 3. The van der Waals surface area contributed by atoms with E-state index in [9.17, 15) is 9.59 Å². The van der Waals surface area contributed by atoms with Crippen LogP contribution >= 0.6 is 0 Å². The van der Waals surface area contributed by atoms with Crippen molar-refractivity contribution in [3.8, 4) is 17.2 Å². The molecule has 9 nitrogen and oxygen atoms in total. The van der Waals surface area contributed by atoms with Gasteiger partial charge in [0, 0.05) is 24.8 Å². The Bertz CT molecular complexity index is 1100. The summed E-state index contributed by atoms with van der Waals surface area (Å²) in [7, 11) is 3.03. The Morgan fingerprint density at radius 2 is 1.75 bits per heavy atom. The lowest BCUT2D eigenvalue weighted by atomic mass is 10.2. The fourth-order valence-electron chi connectivity index (χ4n) is 2.90. The van der Waals surface area contributed by atoms with Gasteiger partial charge in [0.15, 0.2) is 5.65 Å². The molecule has 0 radical (unpaired) electrons. The first-order valence-electron chi connectivity index (χ1n) is 8.73. The van der Waals surface area contributed by atoms with Crippen molar-refractivity contribution >= 4 is 16.9 Å². The Labute approximate surface area is 160 Å². The zero-order valence-electron chi connectivity index (χ0n) is 16.0. The number of nitrogens with zero attached hydrogens (tertiary/aromatic N) is 3. The summed E-state index contributed by atoms with van der Waals surface area (Å²) < 4.78 is 18.4. The molecular weight excluding hydrogens is 364 g/mol. The summed E-state index contributed by atoms with van der Waals surface area (Å²) in [5.41, 5.74) is 5.42. The average Bonchev–Trinajstić information content (AvgIpc) is 2.70. The quantitative estimate of drug-likeness (QED) is 0.607.